The quantitative estimate of drug-likeness (QED) is 0.395. The number of rotatable bonds is 4. The Kier molecular flexibility index (Phi) is 4.24. The molecule has 1 atom stereocenters. The fourth-order valence-corrected chi connectivity index (χ4v) is 3.49. The van der Waals surface area contributed by atoms with Gasteiger partial charge in [0.1, 0.15) is 5.69 Å². The summed E-state index contributed by atoms with van der Waals surface area (Å²) in [6.07, 6.45) is 1.40. The van der Waals surface area contributed by atoms with Crippen molar-refractivity contribution in [2.24, 2.45) is 0 Å². The highest BCUT2D eigenvalue weighted by atomic mass is 19.1. The Morgan fingerprint density at radius 3 is 2.73 bits per heavy atom. The Balaban J connectivity index is 1.48. The van der Waals surface area contributed by atoms with Crippen LogP contribution in [0.15, 0.2) is 60.8 Å². The number of pyridine rings is 1. The van der Waals surface area contributed by atoms with Crippen molar-refractivity contribution >= 4 is 27.8 Å². The number of aromatic nitrogens is 5. The van der Waals surface area contributed by atoms with Gasteiger partial charge >= 0.3 is 0 Å². The SMILES string of the molecule is C[C@@H](NC(=O)c1nc2cc3c(-c4ccnc(F)c4)n[nH]c3cc2[nH]1)c1ccccc1. The minimum absolute atomic E-state index is 0.154. The van der Waals surface area contributed by atoms with Crippen molar-refractivity contribution in [3.63, 3.8) is 0 Å². The lowest BCUT2D eigenvalue weighted by Gasteiger charge is -2.12. The van der Waals surface area contributed by atoms with E-state index < -0.39 is 5.95 Å². The maximum absolute atomic E-state index is 13.5. The number of nitrogens with one attached hydrogen (secondary N) is 3. The van der Waals surface area contributed by atoms with Gasteiger partial charge in [0.15, 0.2) is 5.82 Å². The van der Waals surface area contributed by atoms with E-state index in [2.05, 4.69) is 30.5 Å². The number of H-pyrrole nitrogens is 2. The summed E-state index contributed by atoms with van der Waals surface area (Å²) in [5, 5.41) is 11.0. The first kappa shape index (κ1) is 18.0. The topological polar surface area (TPSA) is 99.3 Å². The molecule has 0 bridgehead atoms. The Morgan fingerprint density at radius 1 is 1.10 bits per heavy atom. The van der Waals surface area contributed by atoms with E-state index in [1.54, 1.807) is 6.07 Å². The molecule has 7 nitrogen and oxygen atoms in total. The van der Waals surface area contributed by atoms with Crippen molar-refractivity contribution in [3.05, 3.63) is 78.1 Å². The maximum Gasteiger partial charge on any atom is 0.287 e. The van der Waals surface area contributed by atoms with Crippen LogP contribution >= 0.6 is 0 Å². The standard InChI is InChI=1S/C22H17FN6O/c1-12(13-5-3-2-4-6-13)25-22(30)21-26-17-10-15-16(11-18(17)27-21)28-29-20(15)14-7-8-24-19(23)9-14/h2-12H,1H3,(H,25,30)(H,26,27)(H,28,29)/t12-/m1/s1. The van der Waals surface area contributed by atoms with Crippen LogP contribution in [0.5, 0.6) is 0 Å². The molecular weight excluding hydrogens is 383 g/mol. The summed E-state index contributed by atoms with van der Waals surface area (Å²) in [6.45, 7) is 1.92. The van der Waals surface area contributed by atoms with Crippen LogP contribution in [0.3, 0.4) is 0 Å². The van der Waals surface area contributed by atoms with Crippen molar-refractivity contribution in [2.45, 2.75) is 13.0 Å². The molecule has 0 radical (unpaired) electrons. The molecule has 30 heavy (non-hydrogen) atoms. The van der Waals surface area contributed by atoms with Crippen LogP contribution in [-0.4, -0.2) is 31.1 Å². The lowest BCUT2D eigenvalue weighted by Crippen LogP contribution is -2.27. The second kappa shape index (κ2) is 7.07. The molecule has 0 aliphatic carbocycles. The van der Waals surface area contributed by atoms with Gasteiger partial charge in [-0.2, -0.15) is 9.49 Å². The first-order valence-corrected chi connectivity index (χ1v) is 9.44. The minimum atomic E-state index is -0.573. The lowest BCUT2D eigenvalue weighted by atomic mass is 10.1. The molecule has 148 valence electrons. The normalized spacial score (nSPS) is 12.3. The number of benzene rings is 2. The van der Waals surface area contributed by atoms with Crippen molar-refractivity contribution in [1.82, 2.24) is 30.5 Å². The molecule has 8 heteroatoms. The van der Waals surface area contributed by atoms with E-state index in [0.29, 0.717) is 22.3 Å². The largest absolute Gasteiger partial charge is 0.343 e. The molecule has 3 heterocycles. The summed E-state index contributed by atoms with van der Waals surface area (Å²) in [6, 6.07) is 16.2. The molecule has 0 saturated heterocycles. The Labute approximate surface area is 170 Å². The van der Waals surface area contributed by atoms with Gasteiger partial charge in [-0.3, -0.25) is 9.89 Å². The van der Waals surface area contributed by atoms with E-state index in [-0.39, 0.29) is 17.8 Å². The molecule has 0 fully saturated rings. The van der Waals surface area contributed by atoms with E-state index in [1.807, 2.05) is 49.4 Å². The highest BCUT2D eigenvalue weighted by Crippen LogP contribution is 2.29. The molecular formula is C22H17FN6O. The van der Waals surface area contributed by atoms with Gasteiger partial charge in [0, 0.05) is 23.2 Å². The average Bonchev–Trinajstić information content (AvgIpc) is 3.36. The Bertz CT molecular complexity index is 1370. The van der Waals surface area contributed by atoms with E-state index in [4.69, 9.17) is 0 Å². The fraction of sp³-hybridized carbons (Fsp3) is 0.0909. The monoisotopic (exact) mass is 400 g/mol. The van der Waals surface area contributed by atoms with Crippen molar-refractivity contribution < 1.29 is 9.18 Å². The number of hydrogen-bond donors (Lipinski definition) is 3. The predicted octanol–water partition coefficient (Wildman–Crippen LogP) is 4.13. The molecule has 0 aliphatic heterocycles. The zero-order valence-electron chi connectivity index (χ0n) is 16.0. The molecule has 5 rings (SSSR count). The zero-order valence-corrected chi connectivity index (χ0v) is 16.0. The number of halogens is 1. The van der Waals surface area contributed by atoms with E-state index in [1.165, 1.54) is 12.3 Å². The highest BCUT2D eigenvalue weighted by Gasteiger charge is 2.17. The number of carbonyl (C=O) groups excluding carboxylic acids is 1. The van der Waals surface area contributed by atoms with Crippen LogP contribution in [0.1, 0.15) is 29.1 Å². The van der Waals surface area contributed by atoms with Gasteiger partial charge in [-0.25, -0.2) is 9.97 Å². The van der Waals surface area contributed by atoms with Gasteiger partial charge in [-0.1, -0.05) is 30.3 Å². The van der Waals surface area contributed by atoms with Gasteiger partial charge < -0.3 is 10.3 Å². The lowest BCUT2D eigenvalue weighted by molar-refractivity contribution is 0.0930. The highest BCUT2D eigenvalue weighted by molar-refractivity contribution is 6.02. The van der Waals surface area contributed by atoms with E-state index >= 15 is 0 Å². The van der Waals surface area contributed by atoms with Crippen LogP contribution < -0.4 is 5.32 Å². The van der Waals surface area contributed by atoms with Crippen LogP contribution in [0.25, 0.3) is 33.2 Å². The van der Waals surface area contributed by atoms with Crippen molar-refractivity contribution in [3.8, 4) is 11.3 Å². The molecule has 1 amide bonds. The Morgan fingerprint density at radius 2 is 1.93 bits per heavy atom. The van der Waals surface area contributed by atoms with Crippen molar-refractivity contribution in [1.29, 1.82) is 0 Å². The number of imidazole rings is 1. The van der Waals surface area contributed by atoms with E-state index in [9.17, 15) is 9.18 Å². The number of nitrogens with zero attached hydrogens (tertiary/aromatic N) is 3. The number of carbonyl (C=O) groups is 1. The molecule has 0 spiro atoms. The summed E-state index contributed by atoms with van der Waals surface area (Å²) in [5.74, 6) is -0.637. The number of hydrogen-bond acceptors (Lipinski definition) is 4. The third-order valence-electron chi connectivity index (χ3n) is 5.03. The summed E-state index contributed by atoms with van der Waals surface area (Å²) >= 11 is 0. The summed E-state index contributed by atoms with van der Waals surface area (Å²) < 4.78 is 13.5. The number of aromatic amines is 2. The average molecular weight is 400 g/mol. The second-order valence-corrected chi connectivity index (χ2v) is 7.05. The van der Waals surface area contributed by atoms with Crippen molar-refractivity contribution in [2.75, 3.05) is 0 Å². The third-order valence-corrected chi connectivity index (χ3v) is 5.03. The number of amides is 1. The van der Waals surface area contributed by atoms with Crippen LogP contribution in [0.4, 0.5) is 4.39 Å². The summed E-state index contributed by atoms with van der Waals surface area (Å²) in [4.78, 5) is 23.8. The van der Waals surface area contributed by atoms with Gasteiger partial charge in [-0.05, 0) is 30.7 Å². The smallest absolute Gasteiger partial charge is 0.287 e. The maximum atomic E-state index is 13.5. The third kappa shape index (κ3) is 3.18. The van der Waals surface area contributed by atoms with Gasteiger partial charge in [0.05, 0.1) is 22.6 Å². The first-order chi connectivity index (χ1) is 14.6. The minimum Gasteiger partial charge on any atom is -0.343 e. The number of fused-ring (bicyclic) bond motifs is 2. The molecule has 3 N–H and O–H groups in total. The van der Waals surface area contributed by atoms with Gasteiger partial charge in [-0.15, -0.1) is 0 Å². The summed E-state index contributed by atoms with van der Waals surface area (Å²) in [5.41, 5.74) is 4.30. The Hall–Kier alpha value is -4.07. The molecule has 0 aliphatic rings. The van der Waals surface area contributed by atoms with Crippen LogP contribution in [0.2, 0.25) is 0 Å². The molecule has 0 saturated carbocycles. The van der Waals surface area contributed by atoms with Gasteiger partial charge in [0.25, 0.3) is 5.91 Å². The summed E-state index contributed by atoms with van der Waals surface area (Å²) in [7, 11) is 0. The zero-order chi connectivity index (χ0) is 20.7. The molecule has 5 aromatic rings. The molecule has 0 unspecified atom stereocenters. The van der Waals surface area contributed by atoms with E-state index in [0.717, 1.165) is 16.5 Å². The predicted molar refractivity (Wildman–Crippen MR) is 111 cm³/mol. The van der Waals surface area contributed by atoms with Gasteiger partial charge in [0.2, 0.25) is 5.95 Å². The van der Waals surface area contributed by atoms with Crippen LogP contribution in [-0.2, 0) is 0 Å². The first-order valence-electron chi connectivity index (χ1n) is 9.44. The molecule has 2 aromatic carbocycles. The van der Waals surface area contributed by atoms with Crippen LogP contribution in [0, 0.1) is 5.95 Å². The fourth-order valence-electron chi connectivity index (χ4n) is 3.49. The molecule has 3 aromatic heterocycles. The second-order valence-electron chi connectivity index (χ2n) is 7.05.